The molecular formula is C20H23N5O2. The van der Waals surface area contributed by atoms with Gasteiger partial charge in [-0.2, -0.15) is 4.98 Å². The normalized spacial score (nSPS) is 17.2. The minimum Gasteiger partial charge on any atom is -0.497 e. The first-order valence-corrected chi connectivity index (χ1v) is 9.11. The molecule has 7 nitrogen and oxygen atoms in total. The first kappa shape index (κ1) is 17.5. The van der Waals surface area contributed by atoms with Gasteiger partial charge in [-0.25, -0.2) is 9.97 Å². The molecule has 1 unspecified atom stereocenters. The lowest BCUT2D eigenvalue weighted by Gasteiger charge is -2.22. The average Bonchev–Trinajstić information content (AvgIpc) is 3.34. The Labute approximate surface area is 158 Å². The highest BCUT2D eigenvalue weighted by Crippen LogP contribution is 2.32. The molecule has 1 saturated heterocycles. The van der Waals surface area contributed by atoms with Gasteiger partial charge in [-0.15, -0.1) is 0 Å². The van der Waals surface area contributed by atoms with Crippen molar-refractivity contribution in [2.75, 3.05) is 13.7 Å². The van der Waals surface area contributed by atoms with Gasteiger partial charge in [0.25, 0.3) is 0 Å². The number of imidazole rings is 1. The summed E-state index contributed by atoms with van der Waals surface area (Å²) in [6, 6.07) is 9.51. The van der Waals surface area contributed by atoms with E-state index in [1.807, 2.05) is 43.5 Å². The zero-order valence-electron chi connectivity index (χ0n) is 15.6. The molecule has 3 heterocycles. The number of rotatable bonds is 6. The maximum absolute atomic E-state index is 5.96. The SMILES string of the molecule is COc1ccc(Oc2cc(C)nc(C3CCCN3Cc3ncc[nH]3)n2)cc1. The van der Waals surface area contributed by atoms with Gasteiger partial charge >= 0.3 is 0 Å². The van der Waals surface area contributed by atoms with Crippen molar-refractivity contribution in [1.29, 1.82) is 0 Å². The Kier molecular flexibility index (Phi) is 5.02. The number of benzene rings is 1. The predicted molar refractivity (Wildman–Crippen MR) is 101 cm³/mol. The van der Waals surface area contributed by atoms with Gasteiger partial charge in [0, 0.05) is 24.2 Å². The molecule has 7 heteroatoms. The molecule has 0 aliphatic carbocycles. The summed E-state index contributed by atoms with van der Waals surface area (Å²) in [5.41, 5.74) is 0.897. The van der Waals surface area contributed by atoms with Crippen LogP contribution in [0, 0.1) is 6.92 Å². The smallest absolute Gasteiger partial charge is 0.222 e. The van der Waals surface area contributed by atoms with Crippen LogP contribution in [-0.4, -0.2) is 38.5 Å². The molecule has 0 amide bonds. The van der Waals surface area contributed by atoms with E-state index in [1.165, 1.54) is 0 Å². The van der Waals surface area contributed by atoms with E-state index in [4.69, 9.17) is 14.5 Å². The third-order valence-corrected chi connectivity index (χ3v) is 4.70. The number of aryl methyl sites for hydroxylation is 1. The molecule has 0 saturated carbocycles. The van der Waals surface area contributed by atoms with Gasteiger partial charge in [0.1, 0.15) is 23.1 Å². The predicted octanol–water partition coefficient (Wildman–Crippen LogP) is 3.65. The topological polar surface area (TPSA) is 76.2 Å². The summed E-state index contributed by atoms with van der Waals surface area (Å²) in [6.07, 6.45) is 5.79. The second kappa shape index (κ2) is 7.75. The Morgan fingerprint density at radius 3 is 2.74 bits per heavy atom. The fourth-order valence-electron chi connectivity index (χ4n) is 3.41. The van der Waals surface area contributed by atoms with Crippen LogP contribution in [0.5, 0.6) is 17.4 Å². The third kappa shape index (κ3) is 4.09. The summed E-state index contributed by atoms with van der Waals surface area (Å²) >= 11 is 0. The van der Waals surface area contributed by atoms with Gasteiger partial charge < -0.3 is 14.5 Å². The molecule has 140 valence electrons. The minimum atomic E-state index is 0.174. The van der Waals surface area contributed by atoms with Crippen molar-refractivity contribution in [2.45, 2.75) is 32.4 Å². The molecule has 27 heavy (non-hydrogen) atoms. The van der Waals surface area contributed by atoms with Gasteiger partial charge in [0.05, 0.1) is 19.7 Å². The molecule has 0 bridgehead atoms. The molecule has 1 N–H and O–H groups in total. The van der Waals surface area contributed by atoms with Crippen LogP contribution in [-0.2, 0) is 6.54 Å². The van der Waals surface area contributed by atoms with E-state index < -0.39 is 0 Å². The van der Waals surface area contributed by atoms with E-state index in [1.54, 1.807) is 13.3 Å². The van der Waals surface area contributed by atoms with Crippen LogP contribution < -0.4 is 9.47 Å². The summed E-state index contributed by atoms with van der Waals surface area (Å²) in [6.45, 7) is 3.75. The van der Waals surface area contributed by atoms with Crippen LogP contribution in [0.25, 0.3) is 0 Å². The number of methoxy groups -OCH3 is 1. The summed E-state index contributed by atoms with van der Waals surface area (Å²) in [7, 11) is 1.64. The fourth-order valence-corrected chi connectivity index (χ4v) is 3.41. The van der Waals surface area contributed by atoms with E-state index in [9.17, 15) is 0 Å². The van der Waals surface area contributed by atoms with Crippen molar-refractivity contribution in [1.82, 2.24) is 24.8 Å². The third-order valence-electron chi connectivity index (χ3n) is 4.70. The lowest BCUT2D eigenvalue weighted by Crippen LogP contribution is -2.25. The van der Waals surface area contributed by atoms with E-state index in [2.05, 4.69) is 19.9 Å². The molecule has 1 aliphatic heterocycles. The second-order valence-electron chi connectivity index (χ2n) is 6.65. The van der Waals surface area contributed by atoms with Crippen molar-refractivity contribution >= 4 is 0 Å². The quantitative estimate of drug-likeness (QED) is 0.719. The molecule has 3 aromatic rings. The van der Waals surface area contributed by atoms with Gasteiger partial charge in [0.15, 0.2) is 0 Å². The number of likely N-dealkylation sites (tertiary alicyclic amines) is 1. The van der Waals surface area contributed by atoms with E-state index in [0.29, 0.717) is 5.88 Å². The largest absolute Gasteiger partial charge is 0.497 e. The molecule has 2 aromatic heterocycles. The number of aromatic amines is 1. The average molecular weight is 365 g/mol. The first-order valence-electron chi connectivity index (χ1n) is 9.11. The van der Waals surface area contributed by atoms with Gasteiger partial charge in [-0.3, -0.25) is 4.90 Å². The highest BCUT2D eigenvalue weighted by atomic mass is 16.5. The van der Waals surface area contributed by atoms with Crippen molar-refractivity contribution < 1.29 is 9.47 Å². The molecular weight excluding hydrogens is 342 g/mol. The Bertz CT molecular complexity index is 880. The van der Waals surface area contributed by atoms with E-state index in [0.717, 1.165) is 54.8 Å². The summed E-state index contributed by atoms with van der Waals surface area (Å²) < 4.78 is 11.1. The lowest BCUT2D eigenvalue weighted by atomic mass is 10.2. The maximum atomic E-state index is 5.96. The molecule has 1 atom stereocenters. The summed E-state index contributed by atoms with van der Waals surface area (Å²) in [5, 5.41) is 0. The van der Waals surface area contributed by atoms with Crippen molar-refractivity contribution in [3.63, 3.8) is 0 Å². The highest BCUT2D eigenvalue weighted by Gasteiger charge is 2.29. The van der Waals surface area contributed by atoms with Crippen LogP contribution >= 0.6 is 0 Å². The monoisotopic (exact) mass is 365 g/mol. The number of nitrogens with zero attached hydrogens (tertiary/aromatic N) is 4. The van der Waals surface area contributed by atoms with Gasteiger partial charge in [0.2, 0.25) is 5.88 Å². The highest BCUT2D eigenvalue weighted by molar-refractivity contribution is 5.34. The standard InChI is InChI=1S/C20H23N5O2/c1-14-12-19(27-16-7-5-15(26-2)6-8-16)24-20(23-14)17-4-3-11-25(17)13-18-21-9-10-22-18/h5-10,12,17H,3-4,11,13H2,1-2H3,(H,21,22). The van der Waals surface area contributed by atoms with Gasteiger partial charge in [-0.05, 0) is 50.6 Å². The number of aromatic nitrogens is 4. The van der Waals surface area contributed by atoms with Gasteiger partial charge in [-0.1, -0.05) is 0 Å². The van der Waals surface area contributed by atoms with Crippen molar-refractivity contribution in [3.8, 4) is 17.4 Å². The molecule has 1 fully saturated rings. The first-order chi connectivity index (χ1) is 13.2. The Morgan fingerprint density at radius 2 is 2.00 bits per heavy atom. The summed E-state index contributed by atoms with van der Waals surface area (Å²) in [5.74, 6) is 3.85. The van der Waals surface area contributed by atoms with Crippen molar-refractivity contribution in [3.05, 3.63) is 60.1 Å². The second-order valence-corrected chi connectivity index (χ2v) is 6.65. The van der Waals surface area contributed by atoms with E-state index >= 15 is 0 Å². The molecule has 0 radical (unpaired) electrons. The zero-order valence-corrected chi connectivity index (χ0v) is 15.6. The molecule has 0 spiro atoms. The van der Waals surface area contributed by atoms with Crippen LogP contribution in [0.4, 0.5) is 0 Å². The van der Waals surface area contributed by atoms with Crippen LogP contribution in [0.2, 0.25) is 0 Å². The van der Waals surface area contributed by atoms with E-state index in [-0.39, 0.29) is 6.04 Å². The lowest BCUT2D eigenvalue weighted by molar-refractivity contribution is 0.233. The van der Waals surface area contributed by atoms with Crippen LogP contribution in [0.1, 0.15) is 36.2 Å². The summed E-state index contributed by atoms with van der Waals surface area (Å²) in [4.78, 5) is 19.3. The number of H-pyrrole nitrogens is 1. The Balaban J connectivity index is 1.54. The van der Waals surface area contributed by atoms with Crippen LogP contribution in [0.3, 0.4) is 0 Å². The number of hydrogen-bond donors (Lipinski definition) is 1. The fraction of sp³-hybridized carbons (Fsp3) is 0.350. The molecule has 4 rings (SSSR count). The van der Waals surface area contributed by atoms with Crippen molar-refractivity contribution in [2.24, 2.45) is 0 Å². The number of hydrogen-bond acceptors (Lipinski definition) is 6. The number of ether oxygens (including phenoxy) is 2. The number of nitrogens with one attached hydrogen (secondary N) is 1. The maximum Gasteiger partial charge on any atom is 0.222 e. The van der Waals surface area contributed by atoms with Crippen LogP contribution in [0.15, 0.2) is 42.7 Å². The molecule has 1 aromatic carbocycles. The minimum absolute atomic E-state index is 0.174. The molecule has 1 aliphatic rings. The Morgan fingerprint density at radius 1 is 1.19 bits per heavy atom. The zero-order chi connectivity index (χ0) is 18.6. The Hall–Kier alpha value is -2.93.